The summed E-state index contributed by atoms with van der Waals surface area (Å²) in [6, 6.07) is 165. The number of hydrogen-bond donors (Lipinski definition) is 0. The molecule has 0 fully saturated rings. The molecule has 0 amide bonds. The van der Waals surface area contributed by atoms with E-state index in [9.17, 15) is 0 Å². The average molecular weight is 1710 g/mol. The summed E-state index contributed by atoms with van der Waals surface area (Å²) in [5.74, 6) is 0. The standard InChI is InChI=1S/C125H84N4S2/c1-123(2)103-45-19-11-39-93(103)97-71-70-88(78-112(97)123)127(114-52-26-16-38-92(114)80-33-7-4-8-34-80)85-64-68-87(69-65-85)129-116-54-28-18-44-99(116)101-73-76-111-122(120(101)129)131-118-56-30-24-50-109(118)125(111)106-48-22-14-42-96(106)102-77-82(59-74-107(102)125)90-36-10-9-35-89(90)81-57-60-83(61-58-81)126(113-51-25-15-37-91(113)79-31-5-3-6-32-79)84-62-66-86(67-63-84)128-115-53-27-17-43-98(115)100-72-75-110-121(119(100)128)130-117-55-29-23-49-108(117)124(110)104-46-20-12-40-94(104)95-41-13-21-47-105(95)124/h3-26,28-52,54-78H,27,53H2,1-2H3. The molecule has 0 radical (unpaired) electrons. The van der Waals surface area contributed by atoms with Gasteiger partial charge in [0.1, 0.15) is 0 Å². The van der Waals surface area contributed by atoms with Crippen LogP contribution < -0.4 is 9.80 Å². The van der Waals surface area contributed by atoms with E-state index in [1.807, 2.05) is 23.5 Å². The Labute approximate surface area is 771 Å². The van der Waals surface area contributed by atoms with Crippen LogP contribution in [0.25, 0.3) is 128 Å². The molecule has 1 atom stereocenters. The van der Waals surface area contributed by atoms with E-state index in [2.05, 4.69) is 482 Å². The van der Waals surface area contributed by atoms with Crippen LogP contribution in [0.1, 0.15) is 87.2 Å². The quantitative estimate of drug-likeness (QED) is 0.121. The monoisotopic (exact) mass is 1700 g/mol. The Balaban J connectivity index is 0.567. The lowest BCUT2D eigenvalue weighted by atomic mass is 9.67. The Hall–Kier alpha value is -15.4. The number of nitrogens with zero attached hydrogens (tertiary/aromatic N) is 4. The normalized spacial score (nSPS) is 14.9. The number of para-hydroxylation sites is 3. The summed E-state index contributed by atoms with van der Waals surface area (Å²) in [5, 5.41) is 3.75. The van der Waals surface area contributed by atoms with Crippen LogP contribution in [0.3, 0.4) is 0 Å². The fourth-order valence-electron chi connectivity index (χ4n) is 23.8. The number of hydrogen-bond acceptors (Lipinski definition) is 4. The van der Waals surface area contributed by atoms with Gasteiger partial charge in [-0.1, -0.05) is 377 Å². The summed E-state index contributed by atoms with van der Waals surface area (Å²) in [6.45, 7) is 4.76. The molecule has 2 aliphatic heterocycles. The fourth-order valence-corrected chi connectivity index (χ4v) is 26.4. The van der Waals surface area contributed by atoms with Gasteiger partial charge in [-0.15, -0.1) is 0 Å². The van der Waals surface area contributed by atoms with Crippen LogP contribution in [0, 0.1) is 0 Å². The number of aromatic nitrogens is 2. The molecule has 0 N–H and O–H groups in total. The molecule has 4 heterocycles. The van der Waals surface area contributed by atoms with Gasteiger partial charge in [0.15, 0.2) is 0 Å². The number of benzene rings is 19. The highest BCUT2D eigenvalue weighted by atomic mass is 32.2. The lowest BCUT2D eigenvalue weighted by Crippen LogP contribution is -2.32. The molecular weight excluding hydrogens is 1620 g/mol. The fraction of sp³-hybridized carbons (Fsp3) is 0.0560. The van der Waals surface area contributed by atoms with Crippen molar-refractivity contribution in [3.05, 3.63) is 510 Å². The van der Waals surface area contributed by atoms with Gasteiger partial charge in [-0.3, -0.25) is 0 Å². The van der Waals surface area contributed by atoms with Gasteiger partial charge in [0, 0.05) is 97.7 Å². The van der Waals surface area contributed by atoms with Gasteiger partial charge in [0.25, 0.3) is 0 Å². The second kappa shape index (κ2) is 29.3. The van der Waals surface area contributed by atoms with Crippen LogP contribution in [0.15, 0.2) is 462 Å². The van der Waals surface area contributed by atoms with Gasteiger partial charge in [-0.2, -0.15) is 0 Å². The zero-order valence-corrected chi connectivity index (χ0v) is 73.9. The summed E-state index contributed by atoms with van der Waals surface area (Å²) in [7, 11) is 0. The highest BCUT2D eigenvalue weighted by molar-refractivity contribution is 8.00. The van der Waals surface area contributed by atoms with Crippen molar-refractivity contribution in [3.8, 4) is 89.3 Å². The van der Waals surface area contributed by atoms with E-state index < -0.39 is 10.8 Å². The molecule has 27 rings (SSSR count). The average Bonchev–Trinajstić information content (AvgIpc) is 1.52. The van der Waals surface area contributed by atoms with Crippen LogP contribution in [0.4, 0.5) is 34.1 Å². The third-order valence-electron chi connectivity index (χ3n) is 29.4. The molecule has 131 heavy (non-hydrogen) atoms. The highest BCUT2D eigenvalue weighted by Gasteiger charge is 2.53. The number of rotatable bonds is 12. The highest BCUT2D eigenvalue weighted by Crippen LogP contribution is 2.67. The predicted octanol–water partition coefficient (Wildman–Crippen LogP) is 33.3. The Morgan fingerprint density at radius 3 is 1.22 bits per heavy atom. The van der Waals surface area contributed by atoms with Crippen molar-refractivity contribution >= 4 is 96.4 Å². The van der Waals surface area contributed by atoms with E-state index in [0.717, 1.165) is 75.0 Å². The number of allylic oxidation sites excluding steroid dienone is 1. The Morgan fingerprint density at radius 1 is 0.260 bits per heavy atom. The SMILES string of the molecule is CC1(C)c2ccccc2-c2ccc(N(c3ccc(-n4c5ccccc5c5ccc6c(c54)Sc4ccccc4C64c5ccccc5-c5cc(-c6ccccc6-c6ccc(N(c7ccc(-n8c9c(c%10ccc%11c(c%108)Sc8ccccc8C%118c%10ccccc%10-c%10ccccc%108)C=CCC9)cc7)c7ccccc7-c7ccccc7)cc6)ccc54)cc3)c3ccccc3-c3ccccc3)cc21. The first kappa shape index (κ1) is 75.7. The van der Waals surface area contributed by atoms with Gasteiger partial charge < -0.3 is 18.9 Å². The largest absolute Gasteiger partial charge is 0.312 e. The molecule has 2 spiro atoms. The van der Waals surface area contributed by atoms with Gasteiger partial charge >= 0.3 is 0 Å². The lowest BCUT2D eigenvalue weighted by molar-refractivity contribution is 0.660. The van der Waals surface area contributed by atoms with Crippen LogP contribution in [-0.4, -0.2) is 9.13 Å². The molecule has 21 aromatic rings. The maximum absolute atomic E-state index is 2.63. The Kier molecular flexibility index (Phi) is 16.9. The first-order valence-electron chi connectivity index (χ1n) is 45.7. The van der Waals surface area contributed by atoms with Crippen molar-refractivity contribution in [1.82, 2.24) is 9.13 Å². The van der Waals surface area contributed by atoms with E-state index in [1.165, 1.54) is 180 Å². The van der Waals surface area contributed by atoms with Crippen molar-refractivity contribution in [2.75, 3.05) is 9.80 Å². The van der Waals surface area contributed by atoms with E-state index >= 15 is 0 Å². The summed E-state index contributed by atoms with van der Waals surface area (Å²) < 4.78 is 5.19. The smallest absolute Gasteiger partial charge is 0.0736 e. The van der Waals surface area contributed by atoms with E-state index in [0.29, 0.717) is 0 Å². The molecule has 4 aliphatic carbocycles. The third-order valence-corrected chi connectivity index (χ3v) is 31.7. The first-order valence-corrected chi connectivity index (χ1v) is 47.4. The summed E-state index contributed by atoms with van der Waals surface area (Å²) in [5.41, 5.74) is 44.2. The maximum Gasteiger partial charge on any atom is 0.0736 e. The van der Waals surface area contributed by atoms with Crippen LogP contribution in [-0.2, 0) is 22.7 Å². The molecule has 4 nitrogen and oxygen atoms in total. The molecule has 1 unspecified atom stereocenters. The van der Waals surface area contributed by atoms with Crippen molar-refractivity contribution in [1.29, 1.82) is 0 Å². The molecule has 0 saturated carbocycles. The van der Waals surface area contributed by atoms with Crippen molar-refractivity contribution in [2.45, 2.75) is 62.5 Å². The second-order valence-electron chi connectivity index (χ2n) is 36.2. The molecule has 19 aromatic carbocycles. The third kappa shape index (κ3) is 11.0. The minimum absolute atomic E-state index is 0.180. The Bertz CT molecular complexity index is 8330. The van der Waals surface area contributed by atoms with E-state index in [1.54, 1.807) is 0 Å². The van der Waals surface area contributed by atoms with Crippen molar-refractivity contribution in [3.63, 3.8) is 0 Å². The zero-order chi connectivity index (χ0) is 86.4. The Morgan fingerprint density at radius 2 is 0.649 bits per heavy atom. The maximum atomic E-state index is 2.63. The van der Waals surface area contributed by atoms with Gasteiger partial charge in [0.05, 0.1) is 38.8 Å². The minimum atomic E-state index is -0.652. The summed E-state index contributed by atoms with van der Waals surface area (Å²) in [4.78, 5) is 10.1. The molecule has 0 bridgehead atoms. The predicted molar refractivity (Wildman–Crippen MR) is 546 cm³/mol. The van der Waals surface area contributed by atoms with Crippen LogP contribution in [0.2, 0.25) is 0 Å². The first-order chi connectivity index (χ1) is 64.8. The van der Waals surface area contributed by atoms with Crippen molar-refractivity contribution < 1.29 is 0 Å². The van der Waals surface area contributed by atoms with Gasteiger partial charge in [0.2, 0.25) is 0 Å². The summed E-state index contributed by atoms with van der Waals surface area (Å²) in [6.07, 6.45) is 6.69. The van der Waals surface area contributed by atoms with Gasteiger partial charge in [-0.05, 0) is 244 Å². The number of fused-ring (bicyclic) bond motifs is 29. The van der Waals surface area contributed by atoms with E-state index in [4.69, 9.17) is 0 Å². The van der Waals surface area contributed by atoms with Crippen molar-refractivity contribution in [2.24, 2.45) is 0 Å². The van der Waals surface area contributed by atoms with Crippen LogP contribution in [0.5, 0.6) is 0 Å². The molecule has 6 heteroatoms. The molecule has 6 aliphatic rings. The van der Waals surface area contributed by atoms with Gasteiger partial charge in [-0.25, -0.2) is 0 Å². The minimum Gasteiger partial charge on any atom is -0.312 e. The second-order valence-corrected chi connectivity index (χ2v) is 38.3. The zero-order valence-electron chi connectivity index (χ0n) is 72.2. The molecular formula is C125H84N4S2. The van der Waals surface area contributed by atoms with Crippen LogP contribution >= 0.6 is 23.5 Å². The lowest BCUT2D eigenvalue weighted by Gasteiger charge is -2.40. The number of anilines is 6. The molecule has 0 saturated heterocycles. The topological polar surface area (TPSA) is 16.3 Å². The van der Waals surface area contributed by atoms with E-state index in [-0.39, 0.29) is 5.41 Å². The summed E-state index contributed by atoms with van der Waals surface area (Å²) >= 11 is 3.87. The molecule has 616 valence electrons. The molecule has 2 aromatic heterocycles.